The van der Waals surface area contributed by atoms with Gasteiger partial charge in [-0.3, -0.25) is 4.79 Å². The molecule has 3 amide bonds. The van der Waals surface area contributed by atoms with Gasteiger partial charge >= 0.3 is 6.03 Å². The molecule has 2 aromatic heterocycles. The molecule has 3 rings (SSSR count). The van der Waals surface area contributed by atoms with Crippen LogP contribution in [0.25, 0.3) is 10.1 Å². The van der Waals surface area contributed by atoms with Crippen LogP contribution in [0.2, 0.25) is 0 Å². The van der Waals surface area contributed by atoms with Crippen molar-refractivity contribution in [2.45, 2.75) is 26.4 Å². The van der Waals surface area contributed by atoms with E-state index in [1.807, 2.05) is 38.1 Å². The Labute approximate surface area is 161 Å². The standard InChI is InChI=1S/C18H22N6O2S/c1-5-24-16(19-10-20-24)11(2)21-18(26)22-13-6-7-14-12(8-13)9-15(27-14)17(25)23(3)4/h6-11H,5H2,1-4H3,(H2,21,22,26)/t11-/m0/s1. The van der Waals surface area contributed by atoms with Gasteiger partial charge in [0.1, 0.15) is 12.2 Å². The number of anilines is 1. The molecule has 0 spiro atoms. The molecule has 0 aliphatic heterocycles. The average Bonchev–Trinajstić information content (AvgIpc) is 3.26. The molecule has 8 nitrogen and oxygen atoms in total. The van der Waals surface area contributed by atoms with E-state index in [1.165, 1.54) is 17.7 Å². The number of hydrogen-bond acceptors (Lipinski definition) is 5. The van der Waals surface area contributed by atoms with Gasteiger partial charge in [0, 0.05) is 31.0 Å². The zero-order valence-corrected chi connectivity index (χ0v) is 16.5. The van der Waals surface area contributed by atoms with Crippen LogP contribution in [0.3, 0.4) is 0 Å². The van der Waals surface area contributed by atoms with Crippen LogP contribution in [0.15, 0.2) is 30.6 Å². The topological polar surface area (TPSA) is 92.1 Å². The van der Waals surface area contributed by atoms with Crippen LogP contribution in [0.5, 0.6) is 0 Å². The fourth-order valence-electron chi connectivity index (χ4n) is 2.73. The van der Waals surface area contributed by atoms with Crippen molar-refractivity contribution in [3.8, 4) is 0 Å². The van der Waals surface area contributed by atoms with Crippen LogP contribution in [0.4, 0.5) is 10.5 Å². The third-order valence-electron chi connectivity index (χ3n) is 4.07. The molecule has 0 fully saturated rings. The molecular formula is C18H22N6O2S. The number of hydrogen-bond donors (Lipinski definition) is 2. The first-order valence-electron chi connectivity index (χ1n) is 8.59. The summed E-state index contributed by atoms with van der Waals surface area (Å²) < 4.78 is 2.74. The van der Waals surface area contributed by atoms with E-state index in [4.69, 9.17) is 0 Å². The van der Waals surface area contributed by atoms with Crippen molar-refractivity contribution in [3.63, 3.8) is 0 Å². The van der Waals surface area contributed by atoms with Crippen molar-refractivity contribution >= 4 is 39.0 Å². The fourth-order valence-corrected chi connectivity index (χ4v) is 3.79. The van der Waals surface area contributed by atoms with Gasteiger partial charge in [-0.05, 0) is 43.5 Å². The van der Waals surface area contributed by atoms with Crippen molar-refractivity contribution in [3.05, 3.63) is 41.3 Å². The molecule has 1 atom stereocenters. The van der Waals surface area contributed by atoms with Gasteiger partial charge in [-0.25, -0.2) is 14.5 Å². The summed E-state index contributed by atoms with van der Waals surface area (Å²) >= 11 is 1.44. The summed E-state index contributed by atoms with van der Waals surface area (Å²) in [6.45, 7) is 4.51. The van der Waals surface area contributed by atoms with Gasteiger partial charge in [0.2, 0.25) is 0 Å². The minimum atomic E-state index is -0.327. The lowest BCUT2D eigenvalue weighted by Crippen LogP contribution is -2.32. The molecule has 0 unspecified atom stereocenters. The maximum absolute atomic E-state index is 12.3. The lowest BCUT2D eigenvalue weighted by Gasteiger charge is -2.14. The number of nitrogens with zero attached hydrogens (tertiary/aromatic N) is 4. The van der Waals surface area contributed by atoms with Crippen LogP contribution in [0, 0.1) is 0 Å². The summed E-state index contributed by atoms with van der Waals surface area (Å²) in [6.07, 6.45) is 1.48. The second-order valence-electron chi connectivity index (χ2n) is 6.32. The monoisotopic (exact) mass is 386 g/mol. The number of urea groups is 1. The molecule has 1 aromatic carbocycles. The predicted molar refractivity (Wildman–Crippen MR) is 106 cm³/mol. The van der Waals surface area contributed by atoms with Gasteiger partial charge in [-0.2, -0.15) is 5.10 Å². The Kier molecular flexibility index (Phi) is 5.41. The highest BCUT2D eigenvalue weighted by Gasteiger charge is 2.16. The normalized spacial score (nSPS) is 12.0. The second-order valence-corrected chi connectivity index (χ2v) is 7.40. The fraction of sp³-hybridized carbons (Fsp3) is 0.333. The molecule has 0 saturated heterocycles. The molecule has 142 valence electrons. The summed E-state index contributed by atoms with van der Waals surface area (Å²) in [5, 5.41) is 10.7. The van der Waals surface area contributed by atoms with Crippen molar-refractivity contribution < 1.29 is 9.59 Å². The number of benzene rings is 1. The van der Waals surface area contributed by atoms with Crippen LogP contribution >= 0.6 is 11.3 Å². The Hall–Kier alpha value is -2.94. The molecule has 2 N–H and O–H groups in total. The number of aromatic nitrogens is 3. The molecule has 0 saturated carbocycles. The van der Waals surface area contributed by atoms with E-state index in [9.17, 15) is 9.59 Å². The van der Waals surface area contributed by atoms with E-state index in [1.54, 1.807) is 23.7 Å². The van der Waals surface area contributed by atoms with E-state index in [-0.39, 0.29) is 18.0 Å². The lowest BCUT2D eigenvalue weighted by atomic mass is 10.2. The van der Waals surface area contributed by atoms with Crippen molar-refractivity contribution in [2.75, 3.05) is 19.4 Å². The molecule has 27 heavy (non-hydrogen) atoms. The Morgan fingerprint density at radius 3 is 2.78 bits per heavy atom. The summed E-state index contributed by atoms with van der Waals surface area (Å²) in [7, 11) is 3.45. The third-order valence-corrected chi connectivity index (χ3v) is 5.18. The number of amides is 3. The van der Waals surface area contributed by atoms with E-state index < -0.39 is 0 Å². The zero-order valence-electron chi connectivity index (χ0n) is 15.7. The Bertz CT molecular complexity index is 977. The first-order chi connectivity index (χ1) is 12.9. The van der Waals surface area contributed by atoms with Gasteiger partial charge in [0.25, 0.3) is 5.91 Å². The summed E-state index contributed by atoms with van der Waals surface area (Å²) in [4.78, 5) is 30.8. The Morgan fingerprint density at radius 2 is 2.07 bits per heavy atom. The smallest absolute Gasteiger partial charge is 0.319 e. The Balaban J connectivity index is 1.70. The first kappa shape index (κ1) is 18.8. The summed E-state index contributed by atoms with van der Waals surface area (Å²) in [6, 6.07) is 6.82. The zero-order chi connectivity index (χ0) is 19.6. The quantitative estimate of drug-likeness (QED) is 0.705. The lowest BCUT2D eigenvalue weighted by molar-refractivity contribution is 0.0832. The molecule has 0 aliphatic carbocycles. The number of carbonyl (C=O) groups excluding carboxylic acids is 2. The van der Waals surface area contributed by atoms with Gasteiger partial charge in [0.15, 0.2) is 0 Å². The first-order valence-corrected chi connectivity index (χ1v) is 9.41. The SMILES string of the molecule is CCn1ncnc1[C@H](C)NC(=O)Nc1ccc2sc(C(=O)N(C)C)cc2c1. The van der Waals surface area contributed by atoms with E-state index in [0.29, 0.717) is 22.9 Å². The molecular weight excluding hydrogens is 364 g/mol. The van der Waals surface area contributed by atoms with Gasteiger partial charge in [0.05, 0.1) is 10.9 Å². The van der Waals surface area contributed by atoms with Gasteiger partial charge < -0.3 is 15.5 Å². The molecule has 0 radical (unpaired) electrons. The summed E-state index contributed by atoms with van der Waals surface area (Å²) in [5.74, 6) is 0.671. The third kappa shape index (κ3) is 4.08. The maximum Gasteiger partial charge on any atom is 0.319 e. The maximum atomic E-state index is 12.3. The van der Waals surface area contributed by atoms with Crippen LogP contribution in [0.1, 0.15) is 35.4 Å². The number of nitrogens with one attached hydrogen (secondary N) is 2. The van der Waals surface area contributed by atoms with Crippen LogP contribution in [-0.4, -0.2) is 45.7 Å². The van der Waals surface area contributed by atoms with Gasteiger partial charge in [-0.15, -0.1) is 11.3 Å². The minimum Gasteiger partial charge on any atom is -0.344 e. The Morgan fingerprint density at radius 1 is 1.30 bits per heavy atom. The predicted octanol–water partition coefficient (Wildman–Crippen LogP) is 3.10. The number of rotatable bonds is 5. The van der Waals surface area contributed by atoms with Crippen molar-refractivity contribution in [2.24, 2.45) is 0 Å². The molecule has 0 bridgehead atoms. The molecule has 9 heteroatoms. The van der Waals surface area contributed by atoms with Crippen molar-refractivity contribution in [1.29, 1.82) is 0 Å². The van der Waals surface area contributed by atoms with E-state index in [0.717, 1.165) is 10.1 Å². The number of fused-ring (bicyclic) bond motifs is 1. The van der Waals surface area contributed by atoms with Crippen LogP contribution < -0.4 is 10.6 Å². The molecule has 0 aliphatic rings. The second kappa shape index (κ2) is 7.75. The number of thiophene rings is 1. The van der Waals surface area contributed by atoms with E-state index >= 15 is 0 Å². The average molecular weight is 386 g/mol. The molecule has 2 heterocycles. The van der Waals surface area contributed by atoms with E-state index in [2.05, 4.69) is 20.7 Å². The number of aryl methyl sites for hydroxylation is 1. The molecule has 3 aromatic rings. The highest BCUT2D eigenvalue weighted by atomic mass is 32.1. The minimum absolute atomic E-state index is 0.0303. The number of carbonyl (C=O) groups is 2. The van der Waals surface area contributed by atoms with Crippen LogP contribution in [-0.2, 0) is 6.54 Å². The van der Waals surface area contributed by atoms with Gasteiger partial charge in [-0.1, -0.05) is 0 Å². The highest BCUT2D eigenvalue weighted by Crippen LogP contribution is 2.28. The highest BCUT2D eigenvalue weighted by molar-refractivity contribution is 7.20. The summed E-state index contributed by atoms with van der Waals surface area (Å²) in [5.41, 5.74) is 0.658. The largest absolute Gasteiger partial charge is 0.344 e. The van der Waals surface area contributed by atoms with Crippen molar-refractivity contribution in [1.82, 2.24) is 25.0 Å².